The van der Waals surface area contributed by atoms with Crippen molar-refractivity contribution in [2.45, 2.75) is 51.5 Å². The van der Waals surface area contributed by atoms with Gasteiger partial charge in [0.2, 0.25) is 17.7 Å². The lowest BCUT2D eigenvalue weighted by molar-refractivity contribution is -0.117. The fraction of sp³-hybridized carbons (Fsp3) is 0.560. The van der Waals surface area contributed by atoms with Gasteiger partial charge in [0.1, 0.15) is 17.1 Å². The number of rotatable bonds is 9. The van der Waals surface area contributed by atoms with E-state index in [9.17, 15) is 9.59 Å². The molecule has 0 spiro atoms. The van der Waals surface area contributed by atoms with E-state index in [0.29, 0.717) is 47.2 Å². The highest BCUT2D eigenvalue weighted by atomic mass is 32.1. The molecule has 11 nitrogen and oxygen atoms in total. The van der Waals surface area contributed by atoms with E-state index in [0.717, 1.165) is 30.6 Å². The number of methoxy groups -OCH3 is 1. The van der Waals surface area contributed by atoms with E-state index in [1.54, 1.807) is 35.5 Å². The van der Waals surface area contributed by atoms with Gasteiger partial charge in [-0.25, -0.2) is 4.68 Å². The lowest BCUT2D eigenvalue weighted by Crippen LogP contribution is -2.28. The minimum Gasteiger partial charge on any atom is -0.480 e. The average Bonchev–Trinajstić information content (AvgIpc) is 3.72. The summed E-state index contributed by atoms with van der Waals surface area (Å²) < 4.78 is 8.94. The highest BCUT2D eigenvalue weighted by molar-refractivity contribution is 7.17. The lowest BCUT2D eigenvalue weighted by Gasteiger charge is -2.25. The first-order valence-corrected chi connectivity index (χ1v) is 13.7. The zero-order valence-corrected chi connectivity index (χ0v) is 22.1. The number of hydrogen-bond donors (Lipinski definition) is 3. The van der Waals surface area contributed by atoms with Crippen LogP contribution in [-0.4, -0.2) is 50.0 Å². The average molecular weight is 525 g/mol. The Hall–Kier alpha value is -3.41. The zero-order chi connectivity index (χ0) is 25.7. The van der Waals surface area contributed by atoms with Crippen LogP contribution in [0.5, 0.6) is 5.88 Å². The molecule has 2 saturated carbocycles. The summed E-state index contributed by atoms with van der Waals surface area (Å²) in [7, 11) is 3.41. The van der Waals surface area contributed by atoms with Gasteiger partial charge < -0.3 is 20.7 Å². The molecule has 3 aliphatic carbocycles. The monoisotopic (exact) mass is 524 g/mol. The third-order valence-electron chi connectivity index (χ3n) is 7.67. The predicted molar refractivity (Wildman–Crippen MR) is 139 cm³/mol. The standard InChI is InChI=1S/C25H32N8O3S/c1-13-8-16(13)22(34)29-24-21(23(35)26-11-14-4-5-14)17-9-15(6-7-18(17)37-24)33-12-27-30-25(33)28-19-10-20(36-3)31-32(19)2/h10,12-16H,4-9,11H2,1-3H3,(H,26,35)(H,28,30)(H,29,34)/t13-,15?,16-/m0/s1. The second-order valence-electron chi connectivity index (χ2n) is 10.4. The predicted octanol–water partition coefficient (Wildman–Crippen LogP) is 3.29. The molecule has 0 saturated heterocycles. The van der Waals surface area contributed by atoms with Crippen molar-refractivity contribution in [1.82, 2.24) is 29.9 Å². The molecule has 196 valence electrons. The molecule has 3 aliphatic rings. The third-order valence-corrected chi connectivity index (χ3v) is 8.87. The number of nitrogens with zero attached hydrogens (tertiary/aromatic N) is 5. The Morgan fingerprint density at radius 2 is 2.08 bits per heavy atom. The number of aromatic nitrogens is 5. The number of fused-ring (bicyclic) bond motifs is 1. The van der Waals surface area contributed by atoms with E-state index < -0.39 is 0 Å². The summed E-state index contributed by atoms with van der Waals surface area (Å²) in [5, 5.41) is 23.0. The van der Waals surface area contributed by atoms with Gasteiger partial charge in [0.15, 0.2) is 0 Å². The topological polar surface area (TPSA) is 128 Å². The van der Waals surface area contributed by atoms with E-state index >= 15 is 0 Å². The number of anilines is 3. The van der Waals surface area contributed by atoms with Crippen molar-refractivity contribution < 1.29 is 14.3 Å². The second kappa shape index (κ2) is 9.47. The van der Waals surface area contributed by atoms with Gasteiger partial charge in [-0.05, 0) is 55.9 Å². The molecular weight excluding hydrogens is 492 g/mol. The Balaban J connectivity index is 1.26. The van der Waals surface area contributed by atoms with Gasteiger partial charge in [0.05, 0.1) is 12.7 Å². The van der Waals surface area contributed by atoms with Gasteiger partial charge in [-0.3, -0.25) is 14.2 Å². The molecule has 6 rings (SSSR count). The largest absolute Gasteiger partial charge is 0.480 e. The Morgan fingerprint density at radius 3 is 2.78 bits per heavy atom. The maximum Gasteiger partial charge on any atom is 0.254 e. The summed E-state index contributed by atoms with van der Waals surface area (Å²) in [6, 6.07) is 1.87. The number of amides is 2. The molecular formula is C25H32N8O3S. The van der Waals surface area contributed by atoms with E-state index in [-0.39, 0.29) is 23.8 Å². The smallest absolute Gasteiger partial charge is 0.254 e. The van der Waals surface area contributed by atoms with E-state index in [2.05, 4.69) is 38.2 Å². The van der Waals surface area contributed by atoms with Crippen molar-refractivity contribution in [3.05, 3.63) is 28.4 Å². The summed E-state index contributed by atoms with van der Waals surface area (Å²) in [6.07, 6.45) is 7.33. The number of thiophene rings is 1. The molecule has 0 radical (unpaired) electrons. The summed E-state index contributed by atoms with van der Waals surface area (Å²) in [6.45, 7) is 2.78. The molecule has 12 heteroatoms. The minimum atomic E-state index is -0.0896. The van der Waals surface area contributed by atoms with Crippen molar-refractivity contribution in [3.63, 3.8) is 0 Å². The highest BCUT2D eigenvalue weighted by Crippen LogP contribution is 2.44. The number of aryl methyl sites for hydroxylation is 2. The van der Waals surface area contributed by atoms with Gasteiger partial charge in [-0.15, -0.1) is 26.6 Å². The molecule has 3 atom stereocenters. The van der Waals surface area contributed by atoms with Crippen molar-refractivity contribution in [2.75, 3.05) is 24.3 Å². The van der Waals surface area contributed by atoms with Crippen LogP contribution in [0.1, 0.15) is 59.4 Å². The minimum absolute atomic E-state index is 0.0239. The number of carbonyl (C=O) groups is 2. The van der Waals surface area contributed by atoms with Crippen LogP contribution in [-0.2, 0) is 24.7 Å². The molecule has 2 amide bonds. The van der Waals surface area contributed by atoms with Gasteiger partial charge in [0.25, 0.3) is 5.91 Å². The fourth-order valence-corrected chi connectivity index (χ4v) is 6.29. The van der Waals surface area contributed by atoms with Crippen molar-refractivity contribution in [1.29, 1.82) is 0 Å². The Morgan fingerprint density at radius 1 is 1.27 bits per heavy atom. The lowest BCUT2D eigenvalue weighted by atomic mass is 9.91. The molecule has 0 aromatic carbocycles. The molecule has 3 N–H and O–H groups in total. The molecule has 3 aromatic heterocycles. The third kappa shape index (κ3) is 4.81. The first-order chi connectivity index (χ1) is 17.9. The van der Waals surface area contributed by atoms with Crippen LogP contribution in [0.2, 0.25) is 0 Å². The van der Waals surface area contributed by atoms with Gasteiger partial charge in [-0.2, -0.15) is 0 Å². The van der Waals surface area contributed by atoms with Crippen LogP contribution in [0, 0.1) is 17.8 Å². The summed E-state index contributed by atoms with van der Waals surface area (Å²) in [4.78, 5) is 27.4. The molecule has 1 unspecified atom stereocenters. The second-order valence-corrected chi connectivity index (χ2v) is 11.6. The maximum atomic E-state index is 13.4. The Labute approximate surface area is 219 Å². The van der Waals surface area contributed by atoms with Crippen LogP contribution < -0.4 is 20.7 Å². The molecule has 0 bridgehead atoms. The Bertz CT molecular complexity index is 1340. The maximum absolute atomic E-state index is 13.4. The van der Waals surface area contributed by atoms with Crippen LogP contribution in [0.3, 0.4) is 0 Å². The normalized spacial score (nSPS) is 22.3. The van der Waals surface area contributed by atoms with Gasteiger partial charge in [-0.1, -0.05) is 6.92 Å². The van der Waals surface area contributed by atoms with Crippen molar-refractivity contribution >= 4 is 39.9 Å². The van der Waals surface area contributed by atoms with E-state index in [1.807, 2.05) is 11.6 Å². The first kappa shape index (κ1) is 24.0. The molecule has 37 heavy (non-hydrogen) atoms. The first-order valence-electron chi connectivity index (χ1n) is 12.9. The number of hydrogen-bond acceptors (Lipinski definition) is 8. The summed E-state index contributed by atoms with van der Waals surface area (Å²) in [5.41, 5.74) is 1.65. The van der Waals surface area contributed by atoms with E-state index in [4.69, 9.17) is 4.74 Å². The highest BCUT2D eigenvalue weighted by Gasteiger charge is 2.40. The fourth-order valence-electron chi connectivity index (χ4n) is 5.04. The van der Waals surface area contributed by atoms with Gasteiger partial charge >= 0.3 is 0 Å². The number of ether oxygens (including phenoxy) is 1. The molecule has 2 fully saturated rings. The van der Waals surface area contributed by atoms with Crippen LogP contribution in [0.4, 0.5) is 16.8 Å². The summed E-state index contributed by atoms with van der Waals surface area (Å²) >= 11 is 1.55. The summed E-state index contributed by atoms with van der Waals surface area (Å²) in [5.74, 6) is 2.81. The number of carbonyl (C=O) groups excluding carboxylic acids is 2. The number of nitrogens with one attached hydrogen (secondary N) is 3. The quantitative estimate of drug-likeness (QED) is 0.392. The SMILES string of the molecule is COc1cc(Nc2nncn2C2CCc3sc(NC(=O)[C@H]4C[C@@H]4C)c(C(=O)NCC4CC4)c3C2)n(C)n1. The van der Waals surface area contributed by atoms with Gasteiger partial charge in [0, 0.05) is 36.5 Å². The van der Waals surface area contributed by atoms with Crippen LogP contribution >= 0.6 is 11.3 Å². The molecule has 3 aromatic rings. The van der Waals surface area contributed by atoms with Crippen LogP contribution in [0.15, 0.2) is 12.4 Å². The zero-order valence-electron chi connectivity index (χ0n) is 21.3. The van der Waals surface area contributed by atoms with Crippen molar-refractivity contribution in [3.8, 4) is 5.88 Å². The Kier molecular flexibility index (Phi) is 6.13. The van der Waals surface area contributed by atoms with Crippen LogP contribution in [0.25, 0.3) is 0 Å². The molecule has 0 aliphatic heterocycles. The van der Waals surface area contributed by atoms with Crippen molar-refractivity contribution in [2.24, 2.45) is 24.8 Å². The molecule has 3 heterocycles. The van der Waals surface area contributed by atoms with E-state index in [1.165, 1.54) is 17.7 Å².